The van der Waals surface area contributed by atoms with Gasteiger partial charge in [-0.2, -0.15) is 0 Å². The molecule has 2 rings (SSSR count). The molecule has 3 nitrogen and oxygen atoms in total. The molecule has 0 radical (unpaired) electrons. The van der Waals surface area contributed by atoms with Gasteiger partial charge in [-0.05, 0) is 70.5 Å². The molecular formula is C15H24N2O. The minimum Gasteiger partial charge on any atom is -0.491 e. The van der Waals surface area contributed by atoms with Gasteiger partial charge in [0, 0.05) is 11.7 Å². The van der Waals surface area contributed by atoms with Crippen LogP contribution < -0.4 is 15.4 Å². The molecule has 1 saturated heterocycles. The summed E-state index contributed by atoms with van der Waals surface area (Å²) in [4.78, 5) is 0. The zero-order valence-electron chi connectivity index (χ0n) is 11.6. The van der Waals surface area contributed by atoms with Gasteiger partial charge in [-0.25, -0.2) is 0 Å². The van der Waals surface area contributed by atoms with Crippen LogP contribution in [0, 0.1) is 6.92 Å². The summed E-state index contributed by atoms with van der Waals surface area (Å²) in [5.74, 6) is 0.957. The summed E-state index contributed by atoms with van der Waals surface area (Å²) in [6, 6.07) is 6.90. The van der Waals surface area contributed by atoms with E-state index in [-0.39, 0.29) is 6.10 Å². The Hall–Kier alpha value is -1.22. The first-order valence-corrected chi connectivity index (χ1v) is 6.89. The van der Waals surface area contributed by atoms with Crippen molar-refractivity contribution in [1.29, 1.82) is 0 Å². The maximum atomic E-state index is 5.70. The first-order chi connectivity index (χ1) is 8.65. The number of anilines is 1. The number of benzene rings is 1. The number of rotatable bonds is 4. The molecule has 0 atom stereocenters. The third-order valence-corrected chi connectivity index (χ3v) is 3.27. The molecule has 0 saturated carbocycles. The van der Waals surface area contributed by atoms with E-state index in [1.807, 2.05) is 0 Å². The number of hydrogen-bond acceptors (Lipinski definition) is 3. The maximum Gasteiger partial charge on any atom is 0.120 e. The normalized spacial score (nSPS) is 16.9. The van der Waals surface area contributed by atoms with Gasteiger partial charge >= 0.3 is 0 Å². The van der Waals surface area contributed by atoms with Crippen molar-refractivity contribution < 1.29 is 4.74 Å². The molecular weight excluding hydrogens is 224 g/mol. The van der Waals surface area contributed by atoms with E-state index in [4.69, 9.17) is 4.74 Å². The molecule has 100 valence electrons. The van der Waals surface area contributed by atoms with Crippen LogP contribution in [-0.2, 0) is 0 Å². The molecule has 1 aliphatic heterocycles. The minimum absolute atomic E-state index is 0.229. The van der Waals surface area contributed by atoms with Crippen LogP contribution in [-0.4, -0.2) is 25.2 Å². The van der Waals surface area contributed by atoms with Crippen molar-refractivity contribution >= 4 is 5.69 Å². The molecule has 0 bridgehead atoms. The quantitative estimate of drug-likeness (QED) is 0.859. The lowest BCUT2D eigenvalue weighted by Crippen LogP contribution is -2.35. The van der Waals surface area contributed by atoms with Gasteiger partial charge in [0.1, 0.15) is 5.75 Å². The Morgan fingerprint density at radius 1 is 1.28 bits per heavy atom. The predicted molar refractivity (Wildman–Crippen MR) is 76.5 cm³/mol. The van der Waals surface area contributed by atoms with Gasteiger partial charge in [-0.3, -0.25) is 0 Å². The lowest BCUT2D eigenvalue weighted by molar-refractivity contribution is 0.242. The third kappa shape index (κ3) is 3.64. The second-order valence-electron chi connectivity index (χ2n) is 5.31. The molecule has 3 heteroatoms. The molecule has 1 heterocycles. The Balaban J connectivity index is 2.00. The minimum atomic E-state index is 0.229. The third-order valence-electron chi connectivity index (χ3n) is 3.27. The number of hydrogen-bond donors (Lipinski definition) is 2. The van der Waals surface area contributed by atoms with Crippen LogP contribution in [0.2, 0.25) is 0 Å². The van der Waals surface area contributed by atoms with Crippen molar-refractivity contribution in [2.75, 3.05) is 18.4 Å². The fraction of sp³-hybridized carbons (Fsp3) is 0.600. The second kappa shape index (κ2) is 6.10. The van der Waals surface area contributed by atoms with E-state index >= 15 is 0 Å². The van der Waals surface area contributed by atoms with Crippen LogP contribution in [0.4, 0.5) is 5.69 Å². The Labute approximate surface area is 110 Å². The highest BCUT2D eigenvalue weighted by Crippen LogP contribution is 2.24. The first kappa shape index (κ1) is 13.2. The molecule has 1 aromatic carbocycles. The molecule has 18 heavy (non-hydrogen) atoms. The highest BCUT2D eigenvalue weighted by molar-refractivity contribution is 5.54. The molecule has 0 unspecified atom stereocenters. The summed E-state index contributed by atoms with van der Waals surface area (Å²) in [5, 5.41) is 7.02. The molecule has 0 aromatic heterocycles. The number of piperidine rings is 1. The van der Waals surface area contributed by atoms with Gasteiger partial charge in [0.25, 0.3) is 0 Å². The van der Waals surface area contributed by atoms with Crippen LogP contribution in [0.15, 0.2) is 18.2 Å². The average Bonchev–Trinajstić information content (AvgIpc) is 2.33. The fourth-order valence-corrected chi connectivity index (χ4v) is 2.33. The molecule has 2 N–H and O–H groups in total. The lowest BCUT2D eigenvalue weighted by Gasteiger charge is -2.25. The molecule has 1 aromatic rings. The standard InChI is InChI=1S/C15H24N2O/c1-11(2)18-14-4-5-15(12(3)10-14)17-13-6-8-16-9-7-13/h4-5,10-11,13,16-17H,6-9H2,1-3H3. The summed E-state index contributed by atoms with van der Waals surface area (Å²) < 4.78 is 5.70. The Morgan fingerprint density at radius 3 is 2.61 bits per heavy atom. The molecule has 1 fully saturated rings. The highest BCUT2D eigenvalue weighted by Gasteiger charge is 2.13. The number of ether oxygens (including phenoxy) is 1. The summed E-state index contributed by atoms with van der Waals surface area (Å²) in [6.07, 6.45) is 2.63. The second-order valence-corrected chi connectivity index (χ2v) is 5.31. The van der Waals surface area contributed by atoms with Gasteiger partial charge in [0.2, 0.25) is 0 Å². The molecule has 0 aliphatic carbocycles. The zero-order valence-corrected chi connectivity index (χ0v) is 11.6. The van der Waals surface area contributed by atoms with E-state index in [1.165, 1.54) is 24.1 Å². The monoisotopic (exact) mass is 248 g/mol. The summed E-state index contributed by atoms with van der Waals surface area (Å²) >= 11 is 0. The van der Waals surface area contributed by atoms with Crippen LogP contribution in [0.1, 0.15) is 32.3 Å². The predicted octanol–water partition coefficient (Wildman–Crippen LogP) is 2.95. The van der Waals surface area contributed by atoms with E-state index in [2.05, 4.69) is 49.6 Å². The maximum absolute atomic E-state index is 5.70. The highest BCUT2D eigenvalue weighted by atomic mass is 16.5. The largest absolute Gasteiger partial charge is 0.491 e. The van der Waals surface area contributed by atoms with E-state index in [0.717, 1.165) is 18.8 Å². The summed E-state index contributed by atoms with van der Waals surface area (Å²) in [7, 11) is 0. The van der Waals surface area contributed by atoms with Gasteiger partial charge in [-0.15, -0.1) is 0 Å². The van der Waals surface area contributed by atoms with Crippen molar-refractivity contribution in [2.45, 2.75) is 45.8 Å². The van der Waals surface area contributed by atoms with Gasteiger partial charge in [0.05, 0.1) is 6.10 Å². The number of nitrogens with one attached hydrogen (secondary N) is 2. The molecule has 1 aliphatic rings. The van der Waals surface area contributed by atoms with Crippen molar-refractivity contribution in [1.82, 2.24) is 5.32 Å². The van der Waals surface area contributed by atoms with Crippen molar-refractivity contribution in [2.24, 2.45) is 0 Å². The van der Waals surface area contributed by atoms with Gasteiger partial charge in [-0.1, -0.05) is 0 Å². The zero-order chi connectivity index (χ0) is 13.0. The van der Waals surface area contributed by atoms with E-state index in [1.54, 1.807) is 0 Å². The molecule has 0 amide bonds. The summed E-state index contributed by atoms with van der Waals surface area (Å²) in [5.41, 5.74) is 2.49. The van der Waals surface area contributed by atoms with E-state index in [0.29, 0.717) is 6.04 Å². The Bertz CT molecular complexity index is 384. The topological polar surface area (TPSA) is 33.3 Å². The lowest BCUT2D eigenvalue weighted by atomic mass is 10.1. The fourth-order valence-electron chi connectivity index (χ4n) is 2.33. The van der Waals surface area contributed by atoms with Crippen molar-refractivity contribution in [3.05, 3.63) is 23.8 Å². The van der Waals surface area contributed by atoms with E-state index in [9.17, 15) is 0 Å². The van der Waals surface area contributed by atoms with Gasteiger partial charge in [0.15, 0.2) is 0 Å². The summed E-state index contributed by atoms with van der Waals surface area (Å²) in [6.45, 7) is 8.47. The van der Waals surface area contributed by atoms with Gasteiger partial charge < -0.3 is 15.4 Å². The Morgan fingerprint density at radius 2 is 2.00 bits per heavy atom. The van der Waals surface area contributed by atoms with Crippen LogP contribution in [0.3, 0.4) is 0 Å². The first-order valence-electron chi connectivity index (χ1n) is 6.89. The molecule has 0 spiro atoms. The van der Waals surface area contributed by atoms with Crippen LogP contribution >= 0.6 is 0 Å². The van der Waals surface area contributed by atoms with Crippen LogP contribution in [0.5, 0.6) is 5.75 Å². The SMILES string of the molecule is Cc1cc(OC(C)C)ccc1NC1CCNCC1. The van der Waals surface area contributed by atoms with E-state index < -0.39 is 0 Å². The Kier molecular flexibility index (Phi) is 4.48. The smallest absolute Gasteiger partial charge is 0.120 e. The van der Waals surface area contributed by atoms with Crippen molar-refractivity contribution in [3.63, 3.8) is 0 Å². The number of aryl methyl sites for hydroxylation is 1. The van der Waals surface area contributed by atoms with Crippen LogP contribution in [0.25, 0.3) is 0 Å². The average molecular weight is 248 g/mol. The van der Waals surface area contributed by atoms with Crippen molar-refractivity contribution in [3.8, 4) is 5.75 Å².